The van der Waals surface area contributed by atoms with Crippen molar-refractivity contribution in [1.82, 2.24) is 5.48 Å². The molecule has 2 aliphatic carbocycles. The summed E-state index contributed by atoms with van der Waals surface area (Å²) < 4.78 is 0. The lowest BCUT2D eigenvalue weighted by molar-refractivity contribution is -0.0473. The number of hydrogen-bond acceptors (Lipinski definition) is 2. The summed E-state index contributed by atoms with van der Waals surface area (Å²) in [5, 5.41) is 0. The highest BCUT2D eigenvalue weighted by atomic mass is 16.6. The summed E-state index contributed by atoms with van der Waals surface area (Å²) in [5.41, 5.74) is 4.17. The van der Waals surface area contributed by atoms with Gasteiger partial charge in [0.2, 0.25) is 0 Å². The van der Waals surface area contributed by atoms with Crippen LogP contribution in [0.25, 0.3) is 0 Å². The molecule has 2 rings (SSSR count). The second-order valence-corrected chi connectivity index (χ2v) is 5.90. The van der Waals surface area contributed by atoms with Crippen LogP contribution in [0.15, 0.2) is 0 Å². The number of nitrogens with one attached hydrogen (secondary N) is 1. The van der Waals surface area contributed by atoms with Crippen LogP contribution >= 0.6 is 0 Å². The van der Waals surface area contributed by atoms with Gasteiger partial charge in [0.25, 0.3) is 0 Å². The molecule has 82 valence electrons. The molecule has 0 aromatic rings. The van der Waals surface area contributed by atoms with E-state index in [0.717, 1.165) is 12.5 Å². The minimum atomic E-state index is 0.405. The summed E-state index contributed by atoms with van der Waals surface area (Å²) in [6.45, 7) is 9.98. The fraction of sp³-hybridized carbons (Fsp3) is 1.00. The third-order valence-corrected chi connectivity index (χ3v) is 4.62. The van der Waals surface area contributed by atoms with Crippen LogP contribution in [0.5, 0.6) is 0 Å². The summed E-state index contributed by atoms with van der Waals surface area (Å²) in [6, 6.07) is 0.536. The fourth-order valence-corrected chi connectivity index (χ4v) is 3.76. The van der Waals surface area contributed by atoms with Crippen molar-refractivity contribution in [3.8, 4) is 0 Å². The Bertz CT molecular complexity index is 222. The van der Waals surface area contributed by atoms with Gasteiger partial charge in [-0.3, -0.25) is 0 Å². The molecule has 2 bridgehead atoms. The lowest BCUT2D eigenvalue weighted by Crippen LogP contribution is -2.50. The molecule has 1 N–H and O–H groups in total. The smallest absolute Gasteiger partial charge is 0.0654 e. The van der Waals surface area contributed by atoms with E-state index in [1.165, 1.54) is 19.3 Å². The zero-order chi connectivity index (χ0) is 10.4. The highest BCUT2D eigenvalue weighted by Gasteiger charge is 2.59. The Kier molecular flexibility index (Phi) is 2.39. The van der Waals surface area contributed by atoms with Crippen LogP contribution in [0.1, 0.15) is 47.0 Å². The van der Waals surface area contributed by atoms with Crippen LogP contribution in [-0.2, 0) is 4.84 Å². The Morgan fingerprint density at radius 1 is 1.36 bits per heavy atom. The van der Waals surface area contributed by atoms with Crippen molar-refractivity contribution in [3.63, 3.8) is 0 Å². The Hall–Kier alpha value is -0.0800. The number of fused-ring (bicyclic) bond motifs is 2. The summed E-state index contributed by atoms with van der Waals surface area (Å²) in [7, 11) is 0. The first-order chi connectivity index (χ1) is 6.50. The van der Waals surface area contributed by atoms with E-state index in [1.54, 1.807) is 0 Å². The molecule has 0 heterocycles. The molecule has 14 heavy (non-hydrogen) atoms. The van der Waals surface area contributed by atoms with Crippen LogP contribution < -0.4 is 5.48 Å². The summed E-state index contributed by atoms with van der Waals surface area (Å²) in [6.07, 6.45) is 4.16. The zero-order valence-electron chi connectivity index (χ0n) is 9.89. The Morgan fingerprint density at radius 2 is 2.07 bits per heavy atom. The molecule has 0 aliphatic heterocycles. The highest BCUT2D eigenvalue weighted by Crippen LogP contribution is 2.62. The Balaban J connectivity index is 2.13. The number of rotatable bonds is 3. The van der Waals surface area contributed by atoms with Gasteiger partial charge in [-0.05, 0) is 42.9 Å². The summed E-state index contributed by atoms with van der Waals surface area (Å²) in [5.74, 6) is 0.894. The van der Waals surface area contributed by atoms with Crippen LogP contribution in [0.4, 0.5) is 0 Å². The third kappa shape index (κ3) is 1.31. The van der Waals surface area contributed by atoms with E-state index in [1.807, 2.05) is 6.92 Å². The molecular formula is C12H23NO. The molecule has 3 unspecified atom stereocenters. The summed E-state index contributed by atoms with van der Waals surface area (Å²) >= 11 is 0. The summed E-state index contributed by atoms with van der Waals surface area (Å²) in [4.78, 5) is 5.42. The molecule has 2 nitrogen and oxygen atoms in total. The molecule has 0 spiro atoms. The maximum Gasteiger partial charge on any atom is 0.0654 e. The van der Waals surface area contributed by atoms with Gasteiger partial charge in [-0.2, -0.15) is 5.48 Å². The number of hydroxylamine groups is 1. The SMILES string of the molecule is CCONC1C2(C)CCC(C2)C1(C)C. The van der Waals surface area contributed by atoms with Gasteiger partial charge in [0.05, 0.1) is 6.61 Å². The van der Waals surface area contributed by atoms with Gasteiger partial charge < -0.3 is 4.84 Å². The lowest BCUT2D eigenvalue weighted by atomic mass is 9.69. The molecule has 0 saturated heterocycles. The predicted molar refractivity (Wildman–Crippen MR) is 57.8 cm³/mol. The van der Waals surface area contributed by atoms with Gasteiger partial charge in [-0.15, -0.1) is 0 Å². The molecule has 2 fully saturated rings. The van der Waals surface area contributed by atoms with E-state index in [4.69, 9.17) is 4.84 Å². The van der Waals surface area contributed by atoms with Crippen molar-refractivity contribution in [1.29, 1.82) is 0 Å². The van der Waals surface area contributed by atoms with Crippen molar-refractivity contribution < 1.29 is 4.84 Å². The minimum absolute atomic E-state index is 0.405. The maximum atomic E-state index is 5.42. The quantitative estimate of drug-likeness (QED) is 0.702. The van der Waals surface area contributed by atoms with Gasteiger partial charge in [-0.25, -0.2) is 0 Å². The van der Waals surface area contributed by atoms with Gasteiger partial charge in [0.1, 0.15) is 0 Å². The molecule has 0 aromatic heterocycles. The van der Waals surface area contributed by atoms with Gasteiger partial charge in [0.15, 0.2) is 0 Å². The van der Waals surface area contributed by atoms with E-state index in [2.05, 4.69) is 26.3 Å². The van der Waals surface area contributed by atoms with Crippen LogP contribution in [-0.4, -0.2) is 12.6 Å². The highest BCUT2D eigenvalue weighted by molar-refractivity contribution is 5.11. The van der Waals surface area contributed by atoms with E-state index in [9.17, 15) is 0 Å². The zero-order valence-corrected chi connectivity index (χ0v) is 9.89. The van der Waals surface area contributed by atoms with Crippen LogP contribution in [0.2, 0.25) is 0 Å². The monoisotopic (exact) mass is 197 g/mol. The van der Waals surface area contributed by atoms with Crippen molar-refractivity contribution >= 4 is 0 Å². The van der Waals surface area contributed by atoms with Crippen molar-refractivity contribution in [3.05, 3.63) is 0 Å². The van der Waals surface area contributed by atoms with Crippen molar-refractivity contribution in [2.24, 2.45) is 16.7 Å². The number of hydrogen-bond donors (Lipinski definition) is 1. The fourth-order valence-electron chi connectivity index (χ4n) is 3.76. The first kappa shape index (κ1) is 10.4. The lowest BCUT2D eigenvalue weighted by Gasteiger charge is -2.42. The van der Waals surface area contributed by atoms with E-state index in [0.29, 0.717) is 16.9 Å². The molecule has 2 heteroatoms. The molecule has 2 aliphatic rings. The topological polar surface area (TPSA) is 21.3 Å². The molecular weight excluding hydrogens is 174 g/mol. The molecule has 0 aromatic carbocycles. The van der Waals surface area contributed by atoms with E-state index >= 15 is 0 Å². The van der Waals surface area contributed by atoms with Gasteiger partial charge >= 0.3 is 0 Å². The molecule has 0 amide bonds. The van der Waals surface area contributed by atoms with Gasteiger partial charge in [-0.1, -0.05) is 20.8 Å². The standard InChI is InChI=1S/C12H23NO/c1-5-14-13-10-11(2,3)9-6-7-12(10,4)8-9/h9-10,13H,5-8H2,1-4H3. The van der Waals surface area contributed by atoms with Crippen molar-refractivity contribution in [2.75, 3.05) is 6.61 Å². The maximum absolute atomic E-state index is 5.42. The minimum Gasteiger partial charge on any atom is -0.302 e. The van der Waals surface area contributed by atoms with E-state index in [-0.39, 0.29) is 0 Å². The second kappa shape index (κ2) is 3.21. The second-order valence-electron chi connectivity index (χ2n) is 5.90. The normalized spacial score (nSPS) is 44.6. The average molecular weight is 197 g/mol. The largest absolute Gasteiger partial charge is 0.302 e. The predicted octanol–water partition coefficient (Wildman–Crippen LogP) is 2.74. The first-order valence-electron chi connectivity index (χ1n) is 5.88. The first-order valence-corrected chi connectivity index (χ1v) is 5.88. The molecule has 0 radical (unpaired) electrons. The molecule has 3 atom stereocenters. The Morgan fingerprint density at radius 3 is 2.57 bits per heavy atom. The van der Waals surface area contributed by atoms with Crippen molar-refractivity contribution in [2.45, 2.75) is 53.0 Å². The average Bonchev–Trinajstić information content (AvgIpc) is 2.55. The van der Waals surface area contributed by atoms with Gasteiger partial charge in [0, 0.05) is 6.04 Å². The van der Waals surface area contributed by atoms with Crippen LogP contribution in [0, 0.1) is 16.7 Å². The third-order valence-electron chi connectivity index (χ3n) is 4.62. The molecule has 2 saturated carbocycles. The Labute approximate surface area is 87.4 Å². The van der Waals surface area contributed by atoms with Crippen LogP contribution in [0.3, 0.4) is 0 Å². The van der Waals surface area contributed by atoms with E-state index < -0.39 is 0 Å².